The van der Waals surface area contributed by atoms with Crippen molar-refractivity contribution in [2.75, 3.05) is 26.2 Å². The molecule has 0 spiro atoms. The van der Waals surface area contributed by atoms with Crippen molar-refractivity contribution in [2.24, 2.45) is 11.5 Å². The zero-order valence-electron chi connectivity index (χ0n) is 15.2. The van der Waals surface area contributed by atoms with Crippen LogP contribution in [0.2, 0.25) is 0 Å². The molecule has 3 amide bonds. The van der Waals surface area contributed by atoms with Gasteiger partial charge in [0, 0.05) is 6.54 Å². The van der Waals surface area contributed by atoms with E-state index in [9.17, 15) is 29.4 Å². The maximum Gasteiger partial charge on any atom is 0.326 e. The Morgan fingerprint density at radius 3 is 2.37 bits per heavy atom. The van der Waals surface area contributed by atoms with Crippen LogP contribution in [0, 0.1) is 0 Å². The summed E-state index contributed by atoms with van der Waals surface area (Å²) in [6, 6.07) is -3.11. The van der Waals surface area contributed by atoms with Gasteiger partial charge in [-0.15, -0.1) is 0 Å². The number of amides is 3. The third-order valence-corrected chi connectivity index (χ3v) is 4.40. The van der Waals surface area contributed by atoms with Crippen LogP contribution in [-0.4, -0.2) is 83.2 Å². The summed E-state index contributed by atoms with van der Waals surface area (Å²) in [5, 5.41) is 23.4. The Hall–Kier alpha value is -2.24. The topological polar surface area (TPSA) is 188 Å². The van der Waals surface area contributed by atoms with Gasteiger partial charge in [0.25, 0.3) is 0 Å². The van der Waals surface area contributed by atoms with Crippen molar-refractivity contribution in [3.8, 4) is 0 Å². The Kier molecular flexibility index (Phi) is 9.68. The number of aliphatic hydroxyl groups excluding tert-OH is 1. The fourth-order valence-corrected chi connectivity index (χ4v) is 2.96. The van der Waals surface area contributed by atoms with E-state index in [0.29, 0.717) is 32.2 Å². The first-order chi connectivity index (χ1) is 12.8. The fourth-order valence-electron chi connectivity index (χ4n) is 2.96. The minimum atomic E-state index is -1.20. The number of nitrogens with two attached hydrogens (primary N) is 2. The van der Waals surface area contributed by atoms with Gasteiger partial charge < -0.3 is 37.2 Å². The second kappa shape index (κ2) is 11.5. The molecule has 1 aliphatic rings. The van der Waals surface area contributed by atoms with Crippen molar-refractivity contribution >= 4 is 23.7 Å². The van der Waals surface area contributed by atoms with Crippen molar-refractivity contribution in [2.45, 2.75) is 50.2 Å². The molecule has 0 aromatic carbocycles. The maximum atomic E-state index is 12.6. The summed E-state index contributed by atoms with van der Waals surface area (Å²) in [5.41, 5.74) is 10.6. The minimum Gasteiger partial charge on any atom is -0.480 e. The molecule has 3 unspecified atom stereocenters. The summed E-state index contributed by atoms with van der Waals surface area (Å²) in [6.45, 7) is -0.262. The highest BCUT2D eigenvalue weighted by Gasteiger charge is 2.38. The molecule has 0 saturated carbocycles. The monoisotopic (exact) mass is 387 g/mol. The van der Waals surface area contributed by atoms with E-state index in [0.717, 1.165) is 0 Å². The highest BCUT2D eigenvalue weighted by molar-refractivity contribution is 5.94. The van der Waals surface area contributed by atoms with Crippen LogP contribution < -0.4 is 22.1 Å². The van der Waals surface area contributed by atoms with Crippen LogP contribution in [0.25, 0.3) is 0 Å². The van der Waals surface area contributed by atoms with Crippen molar-refractivity contribution in [3.05, 3.63) is 0 Å². The molecule has 11 nitrogen and oxygen atoms in total. The summed E-state index contributed by atoms with van der Waals surface area (Å²) in [5.74, 6) is -2.93. The molecule has 0 radical (unpaired) electrons. The normalized spacial score (nSPS) is 18.6. The van der Waals surface area contributed by atoms with E-state index in [1.54, 1.807) is 0 Å². The van der Waals surface area contributed by atoms with Gasteiger partial charge in [-0.1, -0.05) is 0 Å². The Labute approximate surface area is 157 Å². The van der Waals surface area contributed by atoms with Crippen LogP contribution in [0.3, 0.4) is 0 Å². The lowest BCUT2D eigenvalue weighted by Crippen LogP contribution is -2.56. The lowest BCUT2D eigenvalue weighted by atomic mass is 10.1. The number of nitrogens with one attached hydrogen (secondary N) is 2. The molecule has 8 N–H and O–H groups in total. The molecule has 0 aromatic heterocycles. The molecule has 1 heterocycles. The van der Waals surface area contributed by atoms with Crippen LogP contribution in [0.5, 0.6) is 0 Å². The number of hydrogen-bond donors (Lipinski definition) is 6. The van der Waals surface area contributed by atoms with Crippen molar-refractivity contribution < 1.29 is 29.4 Å². The average Bonchev–Trinajstić information content (AvgIpc) is 3.14. The van der Waals surface area contributed by atoms with Gasteiger partial charge in [-0.2, -0.15) is 0 Å². The maximum absolute atomic E-state index is 12.6. The van der Waals surface area contributed by atoms with Crippen LogP contribution in [-0.2, 0) is 19.2 Å². The fraction of sp³-hybridized carbons (Fsp3) is 0.750. The van der Waals surface area contributed by atoms with E-state index in [2.05, 4.69) is 10.6 Å². The standard InChI is InChI=1S/C16H29N5O6/c17-6-2-1-4-10(16(26)27)20-14(24)12-5-3-7-21(12)15(25)11(9-22)19-13(23)8-18/h10-12,22H,1-9,17-18H2,(H,19,23)(H,20,24)(H,26,27). The molecule has 1 aliphatic heterocycles. The summed E-state index contributed by atoms with van der Waals surface area (Å²) in [4.78, 5) is 49.1. The first-order valence-electron chi connectivity index (χ1n) is 8.99. The lowest BCUT2D eigenvalue weighted by Gasteiger charge is -2.28. The van der Waals surface area contributed by atoms with Gasteiger partial charge in [0.15, 0.2) is 0 Å². The second-order valence-electron chi connectivity index (χ2n) is 6.38. The summed E-state index contributed by atoms with van der Waals surface area (Å²) in [7, 11) is 0. The number of carboxylic acids is 1. The number of aliphatic carboxylic acids is 1. The van der Waals surface area contributed by atoms with Gasteiger partial charge in [-0.05, 0) is 38.6 Å². The highest BCUT2D eigenvalue weighted by Crippen LogP contribution is 2.19. The number of aliphatic hydroxyl groups is 1. The Balaban J connectivity index is 2.75. The SMILES string of the molecule is NCCCCC(NC(=O)C1CCCN1C(=O)C(CO)NC(=O)CN)C(=O)O. The first-order valence-corrected chi connectivity index (χ1v) is 8.99. The van der Waals surface area contributed by atoms with Gasteiger partial charge in [0.2, 0.25) is 17.7 Å². The molecule has 154 valence electrons. The molecule has 11 heteroatoms. The molecular weight excluding hydrogens is 358 g/mol. The van der Waals surface area contributed by atoms with Gasteiger partial charge in [0.1, 0.15) is 18.1 Å². The molecule has 27 heavy (non-hydrogen) atoms. The van der Waals surface area contributed by atoms with Gasteiger partial charge in [-0.3, -0.25) is 14.4 Å². The number of nitrogens with zero attached hydrogens (tertiary/aromatic N) is 1. The predicted octanol–water partition coefficient (Wildman–Crippen LogP) is -2.89. The van der Waals surface area contributed by atoms with Gasteiger partial charge in [-0.25, -0.2) is 4.79 Å². The summed E-state index contributed by atoms with van der Waals surface area (Å²) in [6.07, 6.45) is 2.36. The third-order valence-electron chi connectivity index (χ3n) is 4.40. The number of hydrogen-bond acceptors (Lipinski definition) is 7. The van der Waals surface area contributed by atoms with Crippen molar-refractivity contribution in [1.29, 1.82) is 0 Å². The van der Waals surface area contributed by atoms with Crippen LogP contribution in [0.1, 0.15) is 32.1 Å². The molecular formula is C16H29N5O6. The number of carbonyl (C=O) groups excluding carboxylic acids is 3. The zero-order chi connectivity index (χ0) is 20.4. The van der Waals surface area contributed by atoms with E-state index in [-0.39, 0.29) is 19.5 Å². The van der Waals surface area contributed by atoms with Crippen LogP contribution >= 0.6 is 0 Å². The van der Waals surface area contributed by atoms with E-state index < -0.39 is 48.4 Å². The lowest BCUT2D eigenvalue weighted by molar-refractivity contribution is -0.145. The number of carbonyl (C=O) groups is 4. The quantitative estimate of drug-likeness (QED) is 0.204. The molecule has 0 aromatic rings. The highest BCUT2D eigenvalue weighted by atomic mass is 16.4. The van der Waals surface area contributed by atoms with Crippen LogP contribution in [0.4, 0.5) is 0 Å². The predicted molar refractivity (Wildman–Crippen MR) is 95.3 cm³/mol. The molecule has 1 fully saturated rings. The third kappa shape index (κ3) is 6.77. The van der Waals surface area contributed by atoms with Gasteiger partial charge in [0.05, 0.1) is 13.2 Å². The summed E-state index contributed by atoms with van der Waals surface area (Å²) >= 11 is 0. The number of unbranched alkanes of at least 4 members (excludes halogenated alkanes) is 1. The first kappa shape index (κ1) is 22.8. The Morgan fingerprint density at radius 2 is 1.81 bits per heavy atom. The van der Waals surface area contributed by atoms with E-state index in [4.69, 9.17) is 11.5 Å². The molecule has 0 aliphatic carbocycles. The number of likely N-dealkylation sites (tertiary alicyclic amines) is 1. The van der Waals surface area contributed by atoms with E-state index >= 15 is 0 Å². The summed E-state index contributed by atoms with van der Waals surface area (Å²) < 4.78 is 0. The van der Waals surface area contributed by atoms with Crippen molar-refractivity contribution in [3.63, 3.8) is 0 Å². The minimum absolute atomic E-state index is 0.241. The van der Waals surface area contributed by atoms with E-state index in [1.165, 1.54) is 4.90 Å². The second-order valence-corrected chi connectivity index (χ2v) is 6.38. The number of rotatable bonds is 11. The van der Waals surface area contributed by atoms with Crippen LogP contribution in [0.15, 0.2) is 0 Å². The van der Waals surface area contributed by atoms with E-state index in [1.807, 2.05) is 0 Å². The molecule has 3 atom stereocenters. The Bertz CT molecular complexity index is 543. The molecule has 1 rings (SSSR count). The number of carboxylic acid groups (broad SMARTS) is 1. The zero-order valence-corrected chi connectivity index (χ0v) is 15.2. The average molecular weight is 387 g/mol. The molecule has 0 bridgehead atoms. The smallest absolute Gasteiger partial charge is 0.326 e. The Morgan fingerprint density at radius 1 is 1.11 bits per heavy atom. The molecule has 1 saturated heterocycles. The van der Waals surface area contributed by atoms with Crippen molar-refractivity contribution in [1.82, 2.24) is 15.5 Å². The largest absolute Gasteiger partial charge is 0.480 e. The van der Waals surface area contributed by atoms with Gasteiger partial charge >= 0.3 is 5.97 Å².